The number of nitrogens with one attached hydrogen (secondary N) is 1. The highest BCUT2D eigenvalue weighted by atomic mass is 16.5. The molecule has 24 heavy (non-hydrogen) atoms. The van der Waals surface area contributed by atoms with Gasteiger partial charge >= 0.3 is 5.97 Å². The number of amides is 1. The maximum Gasteiger partial charge on any atom is 0.304 e. The predicted octanol–water partition coefficient (Wildman–Crippen LogP) is 2.50. The highest BCUT2D eigenvalue weighted by Gasteiger charge is 2.42. The van der Waals surface area contributed by atoms with E-state index in [-0.39, 0.29) is 18.7 Å². The lowest BCUT2D eigenvalue weighted by Crippen LogP contribution is -2.31. The number of carbonyl (C=O) groups excluding carboxylic acids is 1. The summed E-state index contributed by atoms with van der Waals surface area (Å²) in [6.45, 7) is 0.772. The predicted molar refractivity (Wildman–Crippen MR) is 88.8 cm³/mol. The van der Waals surface area contributed by atoms with E-state index in [1.54, 1.807) is 0 Å². The van der Waals surface area contributed by atoms with E-state index in [4.69, 9.17) is 4.74 Å². The second-order valence-electron chi connectivity index (χ2n) is 6.11. The van der Waals surface area contributed by atoms with Crippen molar-refractivity contribution in [2.75, 3.05) is 6.54 Å². The molecule has 1 amide bonds. The van der Waals surface area contributed by atoms with E-state index in [0.717, 1.165) is 11.1 Å². The number of hydrogen-bond donors (Lipinski definition) is 2. The largest absolute Gasteiger partial charge is 0.489 e. The zero-order chi connectivity index (χ0) is 17.0. The SMILES string of the molecule is O=C(O)CC1(c2cccc(OCc3ccccc3)c2)CNC(=O)C1. The first-order chi connectivity index (χ1) is 11.6. The summed E-state index contributed by atoms with van der Waals surface area (Å²) in [4.78, 5) is 22.9. The lowest BCUT2D eigenvalue weighted by Gasteiger charge is -2.26. The van der Waals surface area contributed by atoms with E-state index in [1.165, 1.54) is 0 Å². The summed E-state index contributed by atoms with van der Waals surface area (Å²) in [5.41, 5.74) is 1.16. The molecule has 3 rings (SSSR count). The maximum absolute atomic E-state index is 11.7. The summed E-state index contributed by atoms with van der Waals surface area (Å²) in [6, 6.07) is 17.2. The van der Waals surface area contributed by atoms with Gasteiger partial charge in [-0.1, -0.05) is 42.5 Å². The molecule has 0 radical (unpaired) electrons. The molecule has 0 aliphatic carbocycles. The first-order valence-electron chi connectivity index (χ1n) is 7.83. The molecule has 5 heteroatoms. The van der Waals surface area contributed by atoms with Crippen LogP contribution in [0.5, 0.6) is 5.75 Å². The molecule has 2 aromatic carbocycles. The second kappa shape index (κ2) is 6.74. The van der Waals surface area contributed by atoms with E-state index in [1.807, 2.05) is 54.6 Å². The van der Waals surface area contributed by atoms with Crippen molar-refractivity contribution < 1.29 is 19.4 Å². The number of benzene rings is 2. The third-order valence-corrected chi connectivity index (χ3v) is 4.31. The van der Waals surface area contributed by atoms with Crippen molar-refractivity contribution in [2.24, 2.45) is 0 Å². The zero-order valence-electron chi connectivity index (χ0n) is 13.2. The number of carboxylic acid groups (broad SMARTS) is 1. The molecule has 2 aromatic rings. The van der Waals surface area contributed by atoms with E-state index >= 15 is 0 Å². The third kappa shape index (κ3) is 3.56. The highest BCUT2D eigenvalue weighted by molar-refractivity contribution is 5.83. The van der Waals surface area contributed by atoms with Crippen LogP contribution in [0.1, 0.15) is 24.0 Å². The molecule has 1 saturated heterocycles. The molecule has 1 fully saturated rings. The maximum atomic E-state index is 11.7. The van der Waals surface area contributed by atoms with Crippen LogP contribution in [0.2, 0.25) is 0 Å². The van der Waals surface area contributed by atoms with Crippen LogP contribution in [-0.2, 0) is 21.6 Å². The fraction of sp³-hybridized carbons (Fsp3) is 0.263. The lowest BCUT2D eigenvalue weighted by atomic mass is 9.76. The minimum atomic E-state index is -0.915. The Kier molecular flexibility index (Phi) is 4.51. The van der Waals surface area contributed by atoms with Crippen LogP contribution in [0.25, 0.3) is 0 Å². The minimum absolute atomic E-state index is 0.0894. The van der Waals surface area contributed by atoms with E-state index < -0.39 is 11.4 Å². The van der Waals surface area contributed by atoms with Crippen LogP contribution in [0.15, 0.2) is 54.6 Å². The van der Waals surface area contributed by atoms with Gasteiger partial charge in [0.15, 0.2) is 0 Å². The van der Waals surface area contributed by atoms with E-state index in [2.05, 4.69) is 5.32 Å². The summed E-state index contributed by atoms with van der Waals surface area (Å²) in [7, 11) is 0. The Morgan fingerprint density at radius 3 is 2.62 bits per heavy atom. The van der Waals surface area contributed by atoms with Crippen molar-refractivity contribution in [2.45, 2.75) is 24.9 Å². The van der Waals surface area contributed by atoms with E-state index in [0.29, 0.717) is 18.9 Å². The van der Waals surface area contributed by atoms with Gasteiger partial charge in [0.05, 0.1) is 6.42 Å². The number of hydrogen-bond acceptors (Lipinski definition) is 3. The number of aliphatic carboxylic acids is 1. The molecule has 1 aliphatic rings. The summed E-state index contributed by atoms with van der Waals surface area (Å²) in [6.07, 6.45) is 0.0926. The van der Waals surface area contributed by atoms with Gasteiger partial charge in [-0.05, 0) is 23.3 Å². The summed E-state index contributed by atoms with van der Waals surface area (Å²) in [5, 5.41) is 12.0. The average molecular weight is 325 g/mol. The topological polar surface area (TPSA) is 75.6 Å². The summed E-state index contributed by atoms with van der Waals surface area (Å²) in [5.74, 6) is -0.366. The van der Waals surface area contributed by atoms with Crippen molar-refractivity contribution in [1.82, 2.24) is 5.32 Å². The lowest BCUT2D eigenvalue weighted by molar-refractivity contribution is -0.138. The van der Waals surface area contributed by atoms with Crippen molar-refractivity contribution in [3.05, 3.63) is 65.7 Å². The van der Waals surface area contributed by atoms with Crippen LogP contribution in [0.4, 0.5) is 0 Å². The fourth-order valence-corrected chi connectivity index (χ4v) is 3.08. The number of carboxylic acids is 1. The molecule has 0 bridgehead atoms. The van der Waals surface area contributed by atoms with Crippen molar-refractivity contribution in [3.63, 3.8) is 0 Å². The van der Waals surface area contributed by atoms with Crippen LogP contribution < -0.4 is 10.1 Å². The van der Waals surface area contributed by atoms with Crippen molar-refractivity contribution in [1.29, 1.82) is 0 Å². The van der Waals surface area contributed by atoms with Gasteiger partial charge in [0, 0.05) is 18.4 Å². The Bertz CT molecular complexity index is 744. The van der Waals surface area contributed by atoms with Gasteiger partial charge < -0.3 is 15.2 Å². The van der Waals surface area contributed by atoms with Crippen LogP contribution in [0, 0.1) is 0 Å². The van der Waals surface area contributed by atoms with Crippen molar-refractivity contribution in [3.8, 4) is 5.75 Å². The second-order valence-corrected chi connectivity index (χ2v) is 6.11. The molecule has 124 valence electrons. The molecule has 0 spiro atoms. The van der Waals surface area contributed by atoms with Gasteiger partial charge in [-0.3, -0.25) is 9.59 Å². The Morgan fingerprint density at radius 2 is 1.96 bits per heavy atom. The summed E-state index contributed by atoms with van der Waals surface area (Å²) < 4.78 is 5.82. The quantitative estimate of drug-likeness (QED) is 0.855. The molecular formula is C19H19NO4. The van der Waals surface area contributed by atoms with Gasteiger partial charge in [0.25, 0.3) is 0 Å². The zero-order valence-corrected chi connectivity index (χ0v) is 13.2. The van der Waals surface area contributed by atoms with Crippen LogP contribution in [-0.4, -0.2) is 23.5 Å². The molecule has 1 atom stereocenters. The molecule has 5 nitrogen and oxygen atoms in total. The van der Waals surface area contributed by atoms with Gasteiger partial charge in [0.1, 0.15) is 12.4 Å². The van der Waals surface area contributed by atoms with E-state index in [9.17, 15) is 14.7 Å². The fourth-order valence-electron chi connectivity index (χ4n) is 3.08. The van der Waals surface area contributed by atoms with Gasteiger partial charge in [0.2, 0.25) is 5.91 Å². The average Bonchev–Trinajstić information content (AvgIpc) is 2.95. The molecule has 1 heterocycles. The molecule has 0 saturated carbocycles. The first-order valence-corrected chi connectivity index (χ1v) is 7.83. The Hall–Kier alpha value is -2.82. The first kappa shape index (κ1) is 16.1. The normalized spacial score (nSPS) is 19.8. The molecule has 0 aromatic heterocycles. The Balaban J connectivity index is 1.80. The minimum Gasteiger partial charge on any atom is -0.489 e. The number of rotatable bonds is 6. The van der Waals surface area contributed by atoms with Crippen LogP contribution in [0.3, 0.4) is 0 Å². The van der Waals surface area contributed by atoms with Crippen LogP contribution >= 0.6 is 0 Å². The van der Waals surface area contributed by atoms with Gasteiger partial charge in [-0.2, -0.15) is 0 Å². The standard InChI is InChI=1S/C19H19NO4/c21-17-10-19(13-20-17,11-18(22)23)15-7-4-8-16(9-15)24-12-14-5-2-1-3-6-14/h1-9H,10-13H2,(H,20,21)(H,22,23). The molecule has 2 N–H and O–H groups in total. The number of ether oxygens (including phenoxy) is 1. The monoisotopic (exact) mass is 325 g/mol. The Labute approximate surface area is 140 Å². The molecule has 1 aliphatic heterocycles. The number of carbonyl (C=O) groups is 2. The third-order valence-electron chi connectivity index (χ3n) is 4.31. The molecular weight excluding hydrogens is 306 g/mol. The summed E-state index contributed by atoms with van der Waals surface area (Å²) >= 11 is 0. The Morgan fingerprint density at radius 1 is 1.17 bits per heavy atom. The van der Waals surface area contributed by atoms with Gasteiger partial charge in [-0.15, -0.1) is 0 Å². The van der Waals surface area contributed by atoms with Gasteiger partial charge in [-0.25, -0.2) is 0 Å². The smallest absolute Gasteiger partial charge is 0.304 e. The highest BCUT2D eigenvalue weighted by Crippen LogP contribution is 2.36. The molecule has 1 unspecified atom stereocenters. The van der Waals surface area contributed by atoms with Crippen molar-refractivity contribution >= 4 is 11.9 Å².